The van der Waals surface area contributed by atoms with Crippen molar-refractivity contribution in [2.24, 2.45) is 5.92 Å². The number of thioether (sulfide) groups is 1. The Balaban J connectivity index is 3.32. The van der Waals surface area contributed by atoms with Crippen LogP contribution in [-0.2, 0) is 4.74 Å². The van der Waals surface area contributed by atoms with Crippen molar-refractivity contribution in [3.8, 4) is 0 Å². The Bertz CT molecular complexity index is 191. The summed E-state index contributed by atoms with van der Waals surface area (Å²) >= 11 is 1.91. The number of aliphatic hydroxyl groups excluding tert-OH is 1. The molecule has 0 aliphatic carbocycles. The Kier molecular flexibility index (Phi) is 13.4. The molecule has 0 bridgehead atoms. The third-order valence-electron chi connectivity index (χ3n) is 2.96. The highest BCUT2D eigenvalue weighted by atomic mass is 32.2. The summed E-state index contributed by atoms with van der Waals surface area (Å²) in [5.74, 6) is 1.90. The first-order valence-electron chi connectivity index (χ1n) is 7.55. The highest BCUT2D eigenvalue weighted by Gasteiger charge is 2.09. The van der Waals surface area contributed by atoms with Crippen molar-refractivity contribution in [1.82, 2.24) is 5.32 Å². The van der Waals surface area contributed by atoms with Gasteiger partial charge in [-0.3, -0.25) is 0 Å². The predicted molar refractivity (Wildman–Crippen MR) is 86.0 cm³/mol. The Hall–Kier alpha value is 0.230. The van der Waals surface area contributed by atoms with E-state index in [1.54, 1.807) is 0 Å². The lowest BCUT2D eigenvalue weighted by atomic mass is 10.1. The van der Waals surface area contributed by atoms with Gasteiger partial charge < -0.3 is 15.2 Å². The van der Waals surface area contributed by atoms with E-state index in [9.17, 15) is 5.11 Å². The van der Waals surface area contributed by atoms with Crippen LogP contribution in [0.1, 0.15) is 46.5 Å². The molecule has 3 nitrogen and oxygen atoms in total. The Morgan fingerprint density at radius 3 is 2.53 bits per heavy atom. The highest BCUT2D eigenvalue weighted by Crippen LogP contribution is 2.07. The van der Waals surface area contributed by atoms with Crippen molar-refractivity contribution in [3.05, 3.63) is 0 Å². The molecular weight excluding hydrogens is 258 g/mol. The average Bonchev–Trinajstić information content (AvgIpc) is 2.34. The highest BCUT2D eigenvalue weighted by molar-refractivity contribution is 7.98. The van der Waals surface area contributed by atoms with Gasteiger partial charge in [-0.15, -0.1) is 0 Å². The molecule has 0 fully saturated rings. The van der Waals surface area contributed by atoms with Gasteiger partial charge in [0.05, 0.1) is 18.8 Å². The van der Waals surface area contributed by atoms with Crippen LogP contribution in [-0.4, -0.2) is 49.0 Å². The van der Waals surface area contributed by atoms with E-state index in [-0.39, 0.29) is 12.2 Å². The lowest BCUT2D eigenvalue weighted by molar-refractivity contribution is -0.00843. The van der Waals surface area contributed by atoms with Crippen molar-refractivity contribution in [1.29, 1.82) is 0 Å². The van der Waals surface area contributed by atoms with Crippen LogP contribution in [0.15, 0.2) is 0 Å². The molecule has 0 aromatic carbocycles. The number of unbranched alkanes of at least 4 members (excludes halogenated alkanes) is 2. The van der Waals surface area contributed by atoms with Gasteiger partial charge in [0.25, 0.3) is 0 Å². The fourth-order valence-electron chi connectivity index (χ4n) is 2.01. The molecule has 0 aromatic heterocycles. The van der Waals surface area contributed by atoms with Gasteiger partial charge in [-0.25, -0.2) is 0 Å². The van der Waals surface area contributed by atoms with Crippen molar-refractivity contribution >= 4 is 11.8 Å². The first-order valence-corrected chi connectivity index (χ1v) is 8.95. The second-order valence-electron chi connectivity index (χ2n) is 5.68. The second-order valence-corrected chi connectivity index (χ2v) is 6.67. The summed E-state index contributed by atoms with van der Waals surface area (Å²) in [6.45, 7) is 8.52. The maximum Gasteiger partial charge on any atom is 0.0897 e. The third kappa shape index (κ3) is 14.4. The van der Waals surface area contributed by atoms with Gasteiger partial charge in [0.1, 0.15) is 0 Å². The van der Waals surface area contributed by atoms with E-state index in [1.807, 2.05) is 11.8 Å². The molecule has 0 spiro atoms. The van der Waals surface area contributed by atoms with Gasteiger partial charge in [-0.2, -0.15) is 11.8 Å². The van der Waals surface area contributed by atoms with Gasteiger partial charge in [0.2, 0.25) is 0 Å². The fraction of sp³-hybridized carbons (Fsp3) is 1.00. The second kappa shape index (κ2) is 13.2. The first-order chi connectivity index (χ1) is 9.06. The molecule has 19 heavy (non-hydrogen) atoms. The molecule has 116 valence electrons. The largest absolute Gasteiger partial charge is 0.389 e. The first kappa shape index (κ1) is 19.2. The lowest BCUT2D eigenvalue weighted by Crippen LogP contribution is -2.32. The minimum atomic E-state index is -0.388. The monoisotopic (exact) mass is 291 g/mol. The number of nitrogens with one attached hydrogen (secondary N) is 1. The number of hydrogen-bond acceptors (Lipinski definition) is 4. The average molecular weight is 292 g/mol. The zero-order valence-corrected chi connectivity index (χ0v) is 14.0. The molecule has 0 amide bonds. The topological polar surface area (TPSA) is 41.5 Å². The van der Waals surface area contributed by atoms with E-state index >= 15 is 0 Å². The Morgan fingerprint density at radius 2 is 1.89 bits per heavy atom. The van der Waals surface area contributed by atoms with E-state index in [0.29, 0.717) is 19.1 Å². The minimum absolute atomic E-state index is 0.237. The standard InChI is InChI=1S/C15H33NO2S/c1-13(2)10-14(3)18-12-15(17)11-16-8-6-5-7-9-19-4/h13-17H,5-12H2,1-4H3. The molecule has 2 unspecified atom stereocenters. The molecule has 0 aromatic rings. The van der Waals surface area contributed by atoms with Gasteiger partial charge in [-0.05, 0) is 50.7 Å². The number of ether oxygens (including phenoxy) is 1. The summed E-state index contributed by atoms with van der Waals surface area (Å²) in [5.41, 5.74) is 0. The number of rotatable bonds is 13. The summed E-state index contributed by atoms with van der Waals surface area (Å²) in [6, 6.07) is 0. The zero-order valence-electron chi connectivity index (χ0n) is 13.2. The van der Waals surface area contributed by atoms with Gasteiger partial charge in [0.15, 0.2) is 0 Å². The van der Waals surface area contributed by atoms with Gasteiger partial charge >= 0.3 is 0 Å². The molecule has 0 aliphatic heterocycles. The van der Waals surface area contributed by atoms with Crippen LogP contribution in [0.5, 0.6) is 0 Å². The molecule has 0 rings (SSSR count). The van der Waals surface area contributed by atoms with Crippen molar-refractivity contribution in [2.75, 3.05) is 31.7 Å². The molecule has 0 saturated heterocycles. The minimum Gasteiger partial charge on any atom is -0.389 e. The van der Waals surface area contributed by atoms with Crippen molar-refractivity contribution < 1.29 is 9.84 Å². The number of aliphatic hydroxyl groups is 1. The smallest absolute Gasteiger partial charge is 0.0897 e. The molecule has 2 atom stereocenters. The normalized spacial score (nSPS) is 14.8. The Labute approximate surface area is 123 Å². The molecule has 0 saturated carbocycles. The van der Waals surface area contributed by atoms with Crippen LogP contribution in [0.3, 0.4) is 0 Å². The molecule has 0 heterocycles. The fourth-order valence-corrected chi connectivity index (χ4v) is 2.50. The van der Waals surface area contributed by atoms with Gasteiger partial charge in [-0.1, -0.05) is 20.3 Å². The predicted octanol–water partition coefficient (Wildman–Crippen LogP) is 2.92. The van der Waals surface area contributed by atoms with Crippen LogP contribution in [0.25, 0.3) is 0 Å². The number of hydrogen-bond donors (Lipinski definition) is 2. The van der Waals surface area contributed by atoms with E-state index in [0.717, 1.165) is 13.0 Å². The van der Waals surface area contributed by atoms with Crippen LogP contribution in [0.4, 0.5) is 0 Å². The van der Waals surface area contributed by atoms with E-state index < -0.39 is 0 Å². The lowest BCUT2D eigenvalue weighted by Gasteiger charge is -2.18. The summed E-state index contributed by atoms with van der Waals surface area (Å²) in [4.78, 5) is 0. The zero-order chi connectivity index (χ0) is 14.5. The summed E-state index contributed by atoms with van der Waals surface area (Å²) in [5, 5.41) is 13.1. The van der Waals surface area contributed by atoms with Crippen molar-refractivity contribution in [3.63, 3.8) is 0 Å². The van der Waals surface area contributed by atoms with Crippen LogP contribution >= 0.6 is 11.8 Å². The van der Waals surface area contributed by atoms with E-state index in [1.165, 1.54) is 25.0 Å². The maximum absolute atomic E-state index is 9.78. The van der Waals surface area contributed by atoms with E-state index in [2.05, 4.69) is 32.3 Å². The molecule has 4 heteroatoms. The molecule has 0 aliphatic rings. The summed E-state index contributed by atoms with van der Waals surface area (Å²) in [6.07, 6.45) is 6.80. The third-order valence-corrected chi connectivity index (χ3v) is 3.66. The van der Waals surface area contributed by atoms with E-state index in [4.69, 9.17) is 4.74 Å². The van der Waals surface area contributed by atoms with Crippen LogP contribution in [0.2, 0.25) is 0 Å². The molecule has 2 N–H and O–H groups in total. The Morgan fingerprint density at radius 1 is 1.16 bits per heavy atom. The molecule has 0 radical (unpaired) electrons. The maximum atomic E-state index is 9.78. The van der Waals surface area contributed by atoms with Gasteiger partial charge in [0, 0.05) is 6.54 Å². The SMILES string of the molecule is CSCCCCCNCC(O)COC(C)CC(C)C. The van der Waals surface area contributed by atoms with Crippen LogP contribution < -0.4 is 5.32 Å². The summed E-state index contributed by atoms with van der Waals surface area (Å²) < 4.78 is 5.63. The molecular formula is C15H33NO2S. The van der Waals surface area contributed by atoms with Crippen molar-refractivity contribution in [2.45, 2.75) is 58.7 Å². The van der Waals surface area contributed by atoms with Crippen LogP contribution in [0, 0.1) is 5.92 Å². The quantitative estimate of drug-likeness (QED) is 0.512. The summed E-state index contributed by atoms with van der Waals surface area (Å²) in [7, 11) is 0.